The molecule has 0 N–H and O–H groups in total. The van der Waals surface area contributed by atoms with Crippen LogP contribution in [-0.4, -0.2) is 41.9 Å². The molecule has 1 atom stereocenters. The van der Waals surface area contributed by atoms with E-state index in [1.165, 1.54) is 0 Å². The molecule has 134 valence electrons. The van der Waals surface area contributed by atoms with E-state index >= 15 is 0 Å². The van der Waals surface area contributed by atoms with Gasteiger partial charge in [-0.15, -0.1) is 0 Å². The zero-order valence-electron chi connectivity index (χ0n) is 14.4. The molecule has 5 rings (SSSR count). The summed E-state index contributed by atoms with van der Waals surface area (Å²) in [6.45, 7) is 1.09. The molecule has 1 saturated heterocycles. The van der Waals surface area contributed by atoms with Gasteiger partial charge in [0.25, 0.3) is 0 Å². The minimum Gasteiger partial charge on any atom is -0.339 e. The fourth-order valence-corrected chi connectivity index (χ4v) is 3.35. The lowest BCUT2D eigenvalue weighted by molar-refractivity contribution is -0.128. The summed E-state index contributed by atoms with van der Waals surface area (Å²) in [6.07, 6.45) is 7.64. The van der Waals surface area contributed by atoms with Crippen molar-refractivity contribution in [3.63, 3.8) is 0 Å². The number of imidazole rings is 1. The van der Waals surface area contributed by atoms with Gasteiger partial charge < -0.3 is 13.8 Å². The van der Waals surface area contributed by atoms with Gasteiger partial charge in [0.2, 0.25) is 17.6 Å². The third-order valence-corrected chi connectivity index (χ3v) is 4.69. The first-order valence-electron chi connectivity index (χ1n) is 8.70. The van der Waals surface area contributed by atoms with E-state index < -0.39 is 0 Å². The maximum atomic E-state index is 12.4. The predicted octanol–water partition coefficient (Wildman–Crippen LogP) is 2.30. The van der Waals surface area contributed by atoms with Crippen LogP contribution in [-0.2, 0) is 11.3 Å². The second-order valence-electron chi connectivity index (χ2n) is 6.59. The maximum Gasteiger partial charge on any atom is 0.232 e. The highest BCUT2D eigenvalue weighted by Crippen LogP contribution is 2.29. The average molecular weight is 360 g/mol. The first-order valence-corrected chi connectivity index (χ1v) is 8.70. The Hall–Kier alpha value is -3.55. The van der Waals surface area contributed by atoms with E-state index in [0.717, 1.165) is 11.2 Å². The highest BCUT2D eigenvalue weighted by atomic mass is 16.5. The van der Waals surface area contributed by atoms with Crippen molar-refractivity contribution in [1.29, 1.82) is 0 Å². The number of pyridine rings is 2. The van der Waals surface area contributed by atoms with Crippen LogP contribution in [0.15, 0.2) is 59.6 Å². The lowest BCUT2D eigenvalue weighted by atomic mass is 10.1. The summed E-state index contributed by atoms with van der Waals surface area (Å²) < 4.78 is 7.35. The van der Waals surface area contributed by atoms with Crippen molar-refractivity contribution >= 4 is 11.6 Å². The van der Waals surface area contributed by atoms with E-state index in [4.69, 9.17) is 4.52 Å². The average Bonchev–Trinajstić information content (AvgIpc) is 3.41. The van der Waals surface area contributed by atoms with E-state index in [1.54, 1.807) is 17.3 Å². The molecule has 8 heteroatoms. The molecule has 4 aromatic rings. The number of likely N-dealkylation sites (tertiary alicyclic amines) is 1. The molecule has 27 heavy (non-hydrogen) atoms. The van der Waals surface area contributed by atoms with Crippen LogP contribution >= 0.6 is 0 Å². The first kappa shape index (κ1) is 15.7. The van der Waals surface area contributed by atoms with Gasteiger partial charge in [0.05, 0.1) is 5.92 Å². The van der Waals surface area contributed by atoms with E-state index in [2.05, 4.69) is 20.1 Å². The number of carbonyl (C=O) groups excluding carboxylic acids is 1. The number of amides is 1. The Bertz CT molecular complexity index is 1070. The van der Waals surface area contributed by atoms with Crippen molar-refractivity contribution < 1.29 is 9.32 Å². The smallest absolute Gasteiger partial charge is 0.232 e. The summed E-state index contributed by atoms with van der Waals surface area (Å²) in [7, 11) is 0. The lowest BCUT2D eigenvalue weighted by Gasteiger charge is -2.15. The van der Waals surface area contributed by atoms with Crippen molar-refractivity contribution in [2.75, 3.05) is 6.54 Å². The van der Waals surface area contributed by atoms with Gasteiger partial charge in [-0.05, 0) is 23.8 Å². The zero-order chi connectivity index (χ0) is 18.2. The van der Waals surface area contributed by atoms with Gasteiger partial charge in [-0.1, -0.05) is 17.3 Å². The standard InChI is InChI=1S/C19H16N6O2/c26-17-8-14(11-25(17)10-13-4-3-6-20-9-13)19-22-18(23-27-19)15-12-24-7-2-1-5-16(24)21-15/h1-7,9,12,14H,8,10-11H2/t14-/m0/s1. The number of fused-ring (bicyclic) bond motifs is 1. The number of hydrogen-bond donors (Lipinski definition) is 0. The van der Waals surface area contributed by atoms with Crippen LogP contribution in [0.1, 0.15) is 23.8 Å². The van der Waals surface area contributed by atoms with Gasteiger partial charge in [-0.3, -0.25) is 9.78 Å². The Kier molecular flexibility index (Phi) is 3.67. The third kappa shape index (κ3) is 2.95. The number of nitrogens with zero attached hydrogens (tertiary/aromatic N) is 6. The molecule has 8 nitrogen and oxygen atoms in total. The molecule has 0 unspecified atom stereocenters. The Morgan fingerprint density at radius 1 is 1.19 bits per heavy atom. The molecule has 1 aliphatic heterocycles. The largest absolute Gasteiger partial charge is 0.339 e. The van der Waals surface area contributed by atoms with Crippen molar-refractivity contribution in [1.82, 2.24) is 29.4 Å². The Morgan fingerprint density at radius 3 is 3.00 bits per heavy atom. The fraction of sp³-hybridized carbons (Fsp3) is 0.211. The van der Waals surface area contributed by atoms with E-state index in [0.29, 0.717) is 36.9 Å². The van der Waals surface area contributed by atoms with Crippen molar-refractivity contribution in [3.05, 3.63) is 66.6 Å². The highest BCUT2D eigenvalue weighted by Gasteiger charge is 2.34. The van der Waals surface area contributed by atoms with Crippen molar-refractivity contribution in [2.45, 2.75) is 18.9 Å². The molecule has 0 saturated carbocycles. The summed E-state index contributed by atoms with van der Waals surface area (Å²) in [5.41, 5.74) is 2.47. The molecule has 1 amide bonds. The summed E-state index contributed by atoms with van der Waals surface area (Å²) in [5, 5.41) is 4.06. The second-order valence-corrected chi connectivity index (χ2v) is 6.59. The molecular weight excluding hydrogens is 344 g/mol. The quantitative estimate of drug-likeness (QED) is 0.555. The summed E-state index contributed by atoms with van der Waals surface area (Å²) >= 11 is 0. The SMILES string of the molecule is O=C1C[C@H](c2nc(-c3cn4ccccc4n3)no2)CN1Cc1cccnc1. The summed E-state index contributed by atoms with van der Waals surface area (Å²) in [4.78, 5) is 27.2. The van der Waals surface area contributed by atoms with Crippen LogP contribution in [0.3, 0.4) is 0 Å². The lowest BCUT2D eigenvalue weighted by Crippen LogP contribution is -2.24. The molecule has 0 aliphatic carbocycles. The Labute approximate surface area is 154 Å². The fourth-order valence-electron chi connectivity index (χ4n) is 3.35. The van der Waals surface area contributed by atoms with E-state index in [9.17, 15) is 4.79 Å². The number of aromatic nitrogens is 5. The van der Waals surface area contributed by atoms with Crippen molar-refractivity contribution in [3.8, 4) is 11.5 Å². The molecule has 4 aromatic heterocycles. The Morgan fingerprint density at radius 2 is 2.15 bits per heavy atom. The predicted molar refractivity (Wildman–Crippen MR) is 95.5 cm³/mol. The third-order valence-electron chi connectivity index (χ3n) is 4.69. The minimum absolute atomic E-state index is 0.0799. The van der Waals surface area contributed by atoms with Crippen LogP contribution in [0.4, 0.5) is 0 Å². The number of carbonyl (C=O) groups is 1. The van der Waals surface area contributed by atoms with Crippen LogP contribution in [0.2, 0.25) is 0 Å². The van der Waals surface area contributed by atoms with Gasteiger partial charge in [-0.25, -0.2) is 4.98 Å². The van der Waals surface area contributed by atoms with Crippen LogP contribution in [0, 0.1) is 0 Å². The topological polar surface area (TPSA) is 89.4 Å². The Balaban J connectivity index is 1.34. The zero-order valence-corrected chi connectivity index (χ0v) is 14.4. The molecule has 0 aromatic carbocycles. The van der Waals surface area contributed by atoms with Gasteiger partial charge >= 0.3 is 0 Å². The molecule has 1 fully saturated rings. The van der Waals surface area contributed by atoms with Gasteiger partial charge in [-0.2, -0.15) is 4.98 Å². The van der Waals surface area contributed by atoms with E-state index in [1.807, 2.05) is 47.1 Å². The summed E-state index contributed by atoms with van der Waals surface area (Å²) in [5.74, 6) is 0.889. The molecule has 0 radical (unpaired) electrons. The van der Waals surface area contributed by atoms with Crippen LogP contribution in [0.25, 0.3) is 17.2 Å². The monoisotopic (exact) mass is 360 g/mol. The van der Waals surface area contributed by atoms with Crippen LogP contribution in [0.5, 0.6) is 0 Å². The van der Waals surface area contributed by atoms with Crippen molar-refractivity contribution in [2.24, 2.45) is 0 Å². The molecule has 1 aliphatic rings. The summed E-state index contributed by atoms with van der Waals surface area (Å²) in [6, 6.07) is 9.60. The normalized spacial score (nSPS) is 17.1. The molecule has 0 spiro atoms. The van der Waals surface area contributed by atoms with Gasteiger partial charge in [0.15, 0.2) is 0 Å². The molecule has 5 heterocycles. The van der Waals surface area contributed by atoms with Gasteiger partial charge in [0.1, 0.15) is 11.3 Å². The maximum absolute atomic E-state index is 12.4. The van der Waals surface area contributed by atoms with E-state index in [-0.39, 0.29) is 11.8 Å². The number of hydrogen-bond acceptors (Lipinski definition) is 6. The van der Waals surface area contributed by atoms with Gasteiger partial charge in [0, 0.05) is 44.3 Å². The highest BCUT2D eigenvalue weighted by molar-refractivity contribution is 5.79. The van der Waals surface area contributed by atoms with Crippen LogP contribution < -0.4 is 0 Å². The second kappa shape index (κ2) is 6.31. The molecular formula is C19H16N6O2. The number of rotatable bonds is 4. The first-order chi connectivity index (χ1) is 13.3. The molecule has 0 bridgehead atoms. The minimum atomic E-state index is -0.104.